The molecule has 1 amide bonds. The van der Waals surface area contributed by atoms with Crippen molar-refractivity contribution in [1.82, 2.24) is 5.48 Å². The van der Waals surface area contributed by atoms with Gasteiger partial charge in [0.05, 0.1) is 5.92 Å². The number of carbonyl (C=O) groups excluding carboxylic acids is 2. The van der Waals surface area contributed by atoms with E-state index in [2.05, 4.69) is 0 Å². The molecule has 0 aliphatic heterocycles. The number of hydroxylamine groups is 1. The largest absolute Gasteiger partial charge is 0.443 e. The lowest BCUT2D eigenvalue weighted by molar-refractivity contribution is -0.153. The van der Waals surface area contributed by atoms with Crippen molar-refractivity contribution in [2.45, 2.75) is 25.9 Å². The van der Waals surface area contributed by atoms with Crippen LogP contribution in [-0.4, -0.2) is 12.1 Å². The zero-order chi connectivity index (χ0) is 14.2. The number of benzene rings is 1. The summed E-state index contributed by atoms with van der Waals surface area (Å²) in [6.45, 7) is 0.132. The van der Waals surface area contributed by atoms with Gasteiger partial charge in [0.25, 0.3) is 0 Å². The van der Waals surface area contributed by atoms with Crippen molar-refractivity contribution < 1.29 is 19.2 Å². The van der Waals surface area contributed by atoms with Crippen molar-refractivity contribution >= 4 is 12.1 Å². The van der Waals surface area contributed by atoms with Gasteiger partial charge in [-0.1, -0.05) is 42.5 Å². The predicted molar refractivity (Wildman–Crippen MR) is 72.3 cm³/mol. The van der Waals surface area contributed by atoms with Crippen LogP contribution in [0, 0.1) is 5.92 Å². The van der Waals surface area contributed by atoms with Crippen LogP contribution < -0.4 is 5.48 Å². The van der Waals surface area contributed by atoms with Gasteiger partial charge in [-0.25, -0.2) is 9.59 Å². The number of hydrogen-bond acceptors (Lipinski definition) is 4. The summed E-state index contributed by atoms with van der Waals surface area (Å²) in [7, 11) is 0. The Bertz CT molecular complexity index is 484. The Kier molecular flexibility index (Phi) is 5.17. The van der Waals surface area contributed by atoms with Crippen molar-refractivity contribution in [3.8, 4) is 0 Å². The fourth-order valence-electron chi connectivity index (χ4n) is 1.93. The Hall–Kier alpha value is -2.30. The number of carbonyl (C=O) groups is 2. The van der Waals surface area contributed by atoms with E-state index in [1.165, 1.54) is 0 Å². The van der Waals surface area contributed by atoms with E-state index in [0.717, 1.165) is 24.8 Å². The number of amides is 1. The smallest absolute Gasteiger partial charge is 0.441 e. The predicted octanol–water partition coefficient (Wildman–Crippen LogP) is 2.73. The number of hydrogen-bond donors (Lipinski definition) is 1. The van der Waals surface area contributed by atoms with Crippen LogP contribution in [0.2, 0.25) is 0 Å². The van der Waals surface area contributed by atoms with Crippen LogP contribution in [0.25, 0.3) is 0 Å². The SMILES string of the molecule is O=C(NOC(=O)C1C=CCCC1)OCc1ccccc1. The summed E-state index contributed by atoms with van der Waals surface area (Å²) in [5, 5.41) is 0. The third kappa shape index (κ3) is 4.42. The molecule has 0 saturated carbocycles. The maximum absolute atomic E-state index is 11.6. The molecule has 1 aromatic rings. The Morgan fingerprint density at radius 2 is 2.05 bits per heavy atom. The molecule has 0 radical (unpaired) electrons. The molecule has 0 aromatic heterocycles. The third-order valence-corrected chi connectivity index (χ3v) is 3.00. The molecule has 106 valence electrons. The molecule has 1 N–H and O–H groups in total. The van der Waals surface area contributed by atoms with Gasteiger partial charge < -0.3 is 9.57 Å². The molecule has 0 bridgehead atoms. The molecule has 1 aliphatic carbocycles. The van der Waals surface area contributed by atoms with Crippen molar-refractivity contribution in [2.75, 3.05) is 0 Å². The first-order valence-corrected chi connectivity index (χ1v) is 6.60. The highest BCUT2D eigenvalue weighted by atomic mass is 16.7. The molecule has 1 unspecified atom stereocenters. The fraction of sp³-hybridized carbons (Fsp3) is 0.333. The Labute approximate surface area is 117 Å². The second kappa shape index (κ2) is 7.33. The van der Waals surface area contributed by atoms with Gasteiger partial charge in [0.15, 0.2) is 0 Å². The number of nitrogens with one attached hydrogen (secondary N) is 1. The van der Waals surface area contributed by atoms with Gasteiger partial charge in [-0.15, -0.1) is 5.48 Å². The van der Waals surface area contributed by atoms with Crippen LogP contribution in [0.1, 0.15) is 24.8 Å². The maximum atomic E-state index is 11.6. The van der Waals surface area contributed by atoms with E-state index in [1.54, 1.807) is 0 Å². The second-order valence-electron chi connectivity index (χ2n) is 4.55. The summed E-state index contributed by atoms with van der Waals surface area (Å²) in [6.07, 6.45) is 5.66. The molecule has 2 rings (SSSR count). The Morgan fingerprint density at radius 3 is 2.75 bits per heavy atom. The molecule has 1 atom stereocenters. The molecule has 0 saturated heterocycles. The third-order valence-electron chi connectivity index (χ3n) is 3.00. The van der Waals surface area contributed by atoms with Crippen molar-refractivity contribution in [1.29, 1.82) is 0 Å². The van der Waals surface area contributed by atoms with Gasteiger partial charge in [0.2, 0.25) is 0 Å². The molecule has 1 aliphatic rings. The fourth-order valence-corrected chi connectivity index (χ4v) is 1.93. The van der Waals surface area contributed by atoms with Crippen molar-refractivity contribution in [3.63, 3.8) is 0 Å². The van der Waals surface area contributed by atoms with Crippen LogP contribution in [0.15, 0.2) is 42.5 Å². The zero-order valence-electron chi connectivity index (χ0n) is 11.1. The number of rotatable bonds is 3. The normalized spacial score (nSPS) is 17.3. The zero-order valence-corrected chi connectivity index (χ0v) is 11.1. The first-order chi connectivity index (χ1) is 9.75. The molecule has 5 heteroatoms. The van der Waals surface area contributed by atoms with Crippen LogP contribution in [-0.2, 0) is 21.0 Å². The summed E-state index contributed by atoms with van der Waals surface area (Å²) in [5.41, 5.74) is 2.87. The van der Waals surface area contributed by atoms with Crippen molar-refractivity contribution in [2.24, 2.45) is 5.92 Å². The Balaban J connectivity index is 1.68. The molecule has 0 spiro atoms. The Morgan fingerprint density at radius 1 is 1.25 bits per heavy atom. The monoisotopic (exact) mass is 275 g/mol. The van der Waals surface area contributed by atoms with Gasteiger partial charge in [-0.05, 0) is 24.8 Å². The standard InChI is InChI=1S/C15H17NO4/c17-14(13-9-5-2-6-10-13)20-16-15(18)19-11-12-7-3-1-4-8-12/h1,3-5,7-9,13H,2,6,10-11H2,(H,16,18). The highest BCUT2D eigenvalue weighted by Crippen LogP contribution is 2.17. The topological polar surface area (TPSA) is 64.6 Å². The molecule has 5 nitrogen and oxygen atoms in total. The first kappa shape index (κ1) is 14.1. The maximum Gasteiger partial charge on any atom is 0.441 e. The lowest BCUT2D eigenvalue weighted by atomic mass is 9.96. The van der Waals surface area contributed by atoms with Crippen LogP contribution in [0.4, 0.5) is 4.79 Å². The lowest BCUT2D eigenvalue weighted by Gasteiger charge is -2.14. The molecule has 0 heterocycles. The van der Waals surface area contributed by atoms with Crippen LogP contribution >= 0.6 is 0 Å². The summed E-state index contributed by atoms with van der Waals surface area (Å²) < 4.78 is 4.92. The first-order valence-electron chi connectivity index (χ1n) is 6.60. The minimum atomic E-state index is -0.776. The van der Waals surface area contributed by atoms with E-state index < -0.39 is 12.1 Å². The van der Waals surface area contributed by atoms with Gasteiger partial charge in [-0.2, -0.15) is 0 Å². The quantitative estimate of drug-likeness (QED) is 0.680. The van der Waals surface area contributed by atoms with Crippen LogP contribution in [0.5, 0.6) is 0 Å². The average Bonchev–Trinajstić information content (AvgIpc) is 2.52. The molecular weight excluding hydrogens is 258 g/mol. The number of allylic oxidation sites excluding steroid dienone is 1. The van der Waals surface area contributed by atoms with E-state index in [4.69, 9.17) is 9.57 Å². The van der Waals surface area contributed by atoms with Gasteiger partial charge in [0, 0.05) is 0 Å². The minimum Gasteiger partial charge on any atom is -0.443 e. The van der Waals surface area contributed by atoms with Gasteiger partial charge in [-0.3, -0.25) is 0 Å². The summed E-state index contributed by atoms with van der Waals surface area (Å²) in [4.78, 5) is 27.7. The molecule has 0 fully saturated rings. The van der Waals surface area contributed by atoms with Crippen LogP contribution in [0.3, 0.4) is 0 Å². The molecule has 20 heavy (non-hydrogen) atoms. The minimum absolute atomic E-state index is 0.132. The van der Waals surface area contributed by atoms with E-state index in [1.807, 2.05) is 48.0 Å². The second-order valence-corrected chi connectivity index (χ2v) is 4.55. The van der Waals surface area contributed by atoms with E-state index >= 15 is 0 Å². The summed E-state index contributed by atoms with van der Waals surface area (Å²) >= 11 is 0. The average molecular weight is 275 g/mol. The molecule has 1 aromatic carbocycles. The van der Waals surface area contributed by atoms with E-state index in [0.29, 0.717) is 0 Å². The van der Waals surface area contributed by atoms with Crippen molar-refractivity contribution in [3.05, 3.63) is 48.0 Å². The number of ether oxygens (including phenoxy) is 1. The molecular formula is C15H17NO4. The highest BCUT2D eigenvalue weighted by molar-refractivity contribution is 5.76. The highest BCUT2D eigenvalue weighted by Gasteiger charge is 2.20. The van der Waals surface area contributed by atoms with Gasteiger partial charge >= 0.3 is 12.1 Å². The van der Waals surface area contributed by atoms with Gasteiger partial charge in [0.1, 0.15) is 6.61 Å². The lowest BCUT2D eigenvalue weighted by Crippen LogP contribution is -2.30. The summed E-state index contributed by atoms with van der Waals surface area (Å²) in [6, 6.07) is 9.26. The summed E-state index contributed by atoms with van der Waals surface area (Å²) in [5.74, 6) is -0.740. The van der Waals surface area contributed by atoms with E-state index in [-0.39, 0.29) is 12.5 Å². The van der Waals surface area contributed by atoms with E-state index in [9.17, 15) is 9.59 Å².